The van der Waals surface area contributed by atoms with Gasteiger partial charge in [0, 0.05) is 43.0 Å². The summed E-state index contributed by atoms with van der Waals surface area (Å²) in [6.45, 7) is 2.57. The third kappa shape index (κ3) is 2.54. The van der Waals surface area contributed by atoms with Crippen LogP contribution in [0.15, 0.2) is 35.6 Å². The summed E-state index contributed by atoms with van der Waals surface area (Å²) in [5, 5.41) is 1.78. The number of thioether (sulfide) groups is 1. The minimum absolute atomic E-state index is 0. The highest BCUT2D eigenvalue weighted by atomic mass is 35.5. The highest BCUT2D eigenvalue weighted by Crippen LogP contribution is 2.39. The molecule has 24 heavy (non-hydrogen) atoms. The van der Waals surface area contributed by atoms with E-state index in [-0.39, 0.29) is 29.9 Å². The summed E-state index contributed by atoms with van der Waals surface area (Å²) >= 11 is 1.67. The number of carbonyl (C=O) groups excluding carboxylic acids is 1. The molecule has 0 radical (unpaired) electrons. The number of aromatic nitrogens is 3. The van der Waals surface area contributed by atoms with Crippen molar-refractivity contribution in [3.8, 4) is 0 Å². The van der Waals surface area contributed by atoms with Crippen molar-refractivity contribution in [2.24, 2.45) is 13.0 Å². The van der Waals surface area contributed by atoms with Crippen LogP contribution in [-0.2, 0) is 13.6 Å². The summed E-state index contributed by atoms with van der Waals surface area (Å²) in [5.41, 5.74) is 1.51. The molecule has 1 aromatic carbocycles. The van der Waals surface area contributed by atoms with Crippen molar-refractivity contribution in [3.05, 3.63) is 47.8 Å². The normalized spacial score (nSPS) is 17.0. The number of hydrogen-bond donors (Lipinski definition) is 0. The monoisotopic (exact) mass is 365 g/mol. The fraction of sp³-hybridized carbons (Fsp3) is 0.294. The molecule has 3 aromatic rings. The van der Waals surface area contributed by atoms with E-state index in [1.807, 2.05) is 29.3 Å². The first kappa shape index (κ1) is 17.0. The summed E-state index contributed by atoms with van der Waals surface area (Å²) in [5.74, 6) is 1.42. The molecule has 0 bridgehead atoms. The second-order valence-electron chi connectivity index (χ2n) is 5.90. The molecule has 1 aliphatic rings. The zero-order valence-corrected chi connectivity index (χ0v) is 15.0. The van der Waals surface area contributed by atoms with Crippen molar-refractivity contribution >= 4 is 40.9 Å². The van der Waals surface area contributed by atoms with Gasteiger partial charge < -0.3 is 9.13 Å². The van der Waals surface area contributed by atoms with E-state index in [1.54, 1.807) is 24.0 Å². The number of nitrogens with zero attached hydrogens (tertiary/aromatic N) is 3. The Hall–Kier alpha value is -1.79. The molecule has 3 heterocycles. The maximum atomic E-state index is 13.5. The van der Waals surface area contributed by atoms with Gasteiger partial charge in [-0.05, 0) is 25.1 Å². The number of benzene rings is 1. The molecule has 1 unspecified atom stereocenters. The molecule has 0 amide bonds. The molecule has 0 saturated heterocycles. The lowest BCUT2D eigenvalue weighted by molar-refractivity contribution is 0.0916. The first-order valence-electron chi connectivity index (χ1n) is 7.49. The number of aryl methyl sites for hydroxylation is 2. The van der Waals surface area contributed by atoms with E-state index in [0.29, 0.717) is 6.54 Å². The number of imidazole rings is 1. The number of halogens is 2. The van der Waals surface area contributed by atoms with E-state index < -0.39 is 0 Å². The lowest BCUT2D eigenvalue weighted by Crippen LogP contribution is -2.27. The summed E-state index contributed by atoms with van der Waals surface area (Å²) in [4.78, 5) is 17.2. The first-order chi connectivity index (χ1) is 11.1. The van der Waals surface area contributed by atoms with Gasteiger partial charge in [0.2, 0.25) is 0 Å². The summed E-state index contributed by atoms with van der Waals surface area (Å²) in [7, 11) is 1.89. The van der Waals surface area contributed by atoms with Crippen LogP contribution < -0.4 is 0 Å². The second kappa shape index (κ2) is 6.26. The van der Waals surface area contributed by atoms with E-state index in [2.05, 4.69) is 4.98 Å². The van der Waals surface area contributed by atoms with Gasteiger partial charge in [-0.3, -0.25) is 4.79 Å². The van der Waals surface area contributed by atoms with E-state index in [4.69, 9.17) is 0 Å². The molecule has 2 aromatic heterocycles. The minimum Gasteiger partial charge on any atom is -0.338 e. The summed E-state index contributed by atoms with van der Waals surface area (Å²) in [6, 6.07) is 4.63. The number of Topliss-reactive ketones (excluding diaryl/α,β-unsaturated/α-hetero) is 1. The van der Waals surface area contributed by atoms with Crippen molar-refractivity contribution in [2.75, 3.05) is 5.75 Å². The van der Waals surface area contributed by atoms with Gasteiger partial charge in [-0.2, -0.15) is 0 Å². The van der Waals surface area contributed by atoms with Crippen LogP contribution in [0.3, 0.4) is 0 Å². The molecule has 126 valence electrons. The minimum atomic E-state index is -0.279. The van der Waals surface area contributed by atoms with Gasteiger partial charge in [0.25, 0.3) is 0 Å². The Bertz CT molecular complexity index is 933. The molecular formula is C17H17ClFN3OS. The molecule has 0 spiro atoms. The van der Waals surface area contributed by atoms with Gasteiger partial charge in [-0.15, -0.1) is 24.2 Å². The quantitative estimate of drug-likeness (QED) is 0.692. The van der Waals surface area contributed by atoms with Crippen molar-refractivity contribution in [2.45, 2.75) is 18.5 Å². The fourth-order valence-corrected chi connectivity index (χ4v) is 4.48. The maximum Gasteiger partial charge on any atom is 0.171 e. The zero-order valence-electron chi connectivity index (χ0n) is 13.3. The lowest BCUT2D eigenvalue weighted by atomic mass is 9.98. The number of carbonyl (C=O) groups is 1. The van der Waals surface area contributed by atoms with Crippen molar-refractivity contribution < 1.29 is 9.18 Å². The molecule has 0 aliphatic carbocycles. The molecule has 1 aliphatic heterocycles. The van der Waals surface area contributed by atoms with Gasteiger partial charge in [0.15, 0.2) is 5.78 Å². The summed E-state index contributed by atoms with van der Waals surface area (Å²) < 4.78 is 17.5. The molecule has 7 heteroatoms. The molecule has 1 atom stereocenters. The standard InChI is InChI=1S/C17H16FN3OS.ClH/c1-10-19-5-6-21(10)8-11-9-23-17-15(16(11)22)13-4-3-12(18)7-14(13)20(17)2;/h3-7,11H,8-9H2,1-2H3;1H. The van der Waals surface area contributed by atoms with Crippen LogP contribution in [0.1, 0.15) is 16.2 Å². The molecule has 4 nitrogen and oxygen atoms in total. The smallest absolute Gasteiger partial charge is 0.171 e. The Morgan fingerprint density at radius 1 is 1.42 bits per heavy atom. The van der Waals surface area contributed by atoms with Gasteiger partial charge in [-0.1, -0.05) is 0 Å². The predicted octanol–water partition coefficient (Wildman–Crippen LogP) is 3.85. The average Bonchev–Trinajstić information content (AvgIpc) is 3.05. The lowest BCUT2D eigenvalue weighted by Gasteiger charge is -2.22. The molecule has 0 fully saturated rings. The van der Waals surface area contributed by atoms with Gasteiger partial charge in [0.05, 0.1) is 16.1 Å². The van der Waals surface area contributed by atoms with Crippen molar-refractivity contribution in [1.82, 2.24) is 14.1 Å². The molecule has 4 rings (SSSR count). The largest absolute Gasteiger partial charge is 0.338 e. The zero-order chi connectivity index (χ0) is 16.1. The molecular weight excluding hydrogens is 349 g/mol. The Balaban J connectivity index is 0.00000169. The predicted molar refractivity (Wildman–Crippen MR) is 95.6 cm³/mol. The number of rotatable bonds is 2. The number of fused-ring (bicyclic) bond motifs is 3. The third-order valence-electron chi connectivity index (χ3n) is 4.49. The fourth-order valence-electron chi connectivity index (χ4n) is 3.22. The van der Waals surface area contributed by atoms with Crippen LogP contribution in [0.25, 0.3) is 10.9 Å². The average molecular weight is 366 g/mol. The Morgan fingerprint density at radius 3 is 2.92 bits per heavy atom. The van der Waals surface area contributed by atoms with Crippen LogP contribution in [0.2, 0.25) is 0 Å². The highest BCUT2D eigenvalue weighted by Gasteiger charge is 2.33. The second-order valence-corrected chi connectivity index (χ2v) is 6.91. The van der Waals surface area contributed by atoms with Crippen LogP contribution in [-0.4, -0.2) is 25.7 Å². The van der Waals surface area contributed by atoms with E-state index in [1.165, 1.54) is 12.1 Å². The first-order valence-corrected chi connectivity index (χ1v) is 8.47. The van der Waals surface area contributed by atoms with Gasteiger partial charge in [0.1, 0.15) is 11.6 Å². The SMILES string of the molecule is Cc1nccn1CC1CSc2c(c3ccc(F)cc3n2C)C1=O.Cl. The van der Waals surface area contributed by atoms with E-state index in [9.17, 15) is 9.18 Å². The number of hydrogen-bond acceptors (Lipinski definition) is 3. The van der Waals surface area contributed by atoms with Crippen molar-refractivity contribution in [1.29, 1.82) is 0 Å². The van der Waals surface area contributed by atoms with Crippen LogP contribution >= 0.6 is 24.2 Å². The third-order valence-corrected chi connectivity index (χ3v) is 5.81. The Morgan fingerprint density at radius 2 is 2.21 bits per heavy atom. The van der Waals surface area contributed by atoms with Crippen molar-refractivity contribution in [3.63, 3.8) is 0 Å². The Labute approximate surface area is 149 Å². The van der Waals surface area contributed by atoms with Crippen LogP contribution in [0.4, 0.5) is 4.39 Å². The highest BCUT2D eigenvalue weighted by molar-refractivity contribution is 7.99. The van der Waals surface area contributed by atoms with Gasteiger partial charge >= 0.3 is 0 Å². The van der Waals surface area contributed by atoms with E-state index in [0.717, 1.165) is 33.1 Å². The number of ketones is 1. The maximum absolute atomic E-state index is 13.5. The van der Waals surface area contributed by atoms with Crippen LogP contribution in [0, 0.1) is 18.7 Å². The van der Waals surface area contributed by atoms with Gasteiger partial charge in [-0.25, -0.2) is 9.37 Å². The topological polar surface area (TPSA) is 39.8 Å². The Kier molecular flexibility index (Phi) is 4.44. The van der Waals surface area contributed by atoms with E-state index >= 15 is 0 Å². The van der Waals surface area contributed by atoms with Crippen LogP contribution in [0.5, 0.6) is 0 Å². The summed E-state index contributed by atoms with van der Waals surface area (Å²) in [6.07, 6.45) is 3.66. The molecule has 0 N–H and O–H groups in total. The molecule has 0 saturated carbocycles.